The van der Waals surface area contributed by atoms with Crippen LogP contribution in [0.4, 0.5) is 40.6 Å². The van der Waals surface area contributed by atoms with E-state index in [1.807, 2.05) is 24.3 Å². The van der Waals surface area contributed by atoms with Gasteiger partial charge in [0.05, 0.1) is 47.9 Å². The standard InChI is InChI=1S/C34H31N9O10S2/c44-15-13-35-32-39-33(36-14-16-45)41-34(40-32)38-21-7-5-19(6-8-21)31(47)37-22-9-10-23-20(17-22)18-28(55-53-51-49)29(30(23)46)43-42-26-11-12-27(54-52-50-48)25-4-2-1-3-24(25)26/h1-12,17-18,44-46,48-49H,13-16H2,(H,37,47)(H3,35,36,38,39,40,41). The molecule has 9 N–H and O–H groups in total. The normalized spacial score (nSPS) is 11.3. The number of fused-ring (bicyclic) bond motifs is 2. The number of hydrogen-bond donors (Lipinski definition) is 9. The zero-order valence-electron chi connectivity index (χ0n) is 28.2. The summed E-state index contributed by atoms with van der Waals surface area (Å²) in [6.45, 7) is 0.192. The highest BCUT2D eigenvalue weighted by Gasteiger charge is 2.17. The van der Waals surface area contributed by atoms with Crippen molar-refractivity contribution in [3.63, 3.8) is 0 Å². The molecule has 0 saturated carbocycles. The van der Waals surface area contributed by atoms with Gasteiger partial charge in [0, 0.05) is 45.7 Å². The summed E-state index contributed by atoms with van der Waals surface area (Å²) in [4.78, 5) is 26.9. The van der Waals surface area contributed by atoms with E-state index in [0.717, 1.165) is 17.4 Å². The number of carbonyl (C=O) groups is 1. The lowest BCUT2D eigenvalue weighted by Crippen LogP contribution is -2.15. The van der Waals surface area contributed by atoms with Crippen molar-refractivity contribution in [3.05, 3.63) is 90.5 Å². The number of nitrogens with one attached hydrogen (secondary N) is 4. The first kappa shape index (κ1) is 39.0. The van der Waals surface area contributed by atoms with Gasteiger partial charge in [-0.1, -0.05) is 34.3 Å². The number of aliphatic hydroxyl groups is 2. The number of benzene rings is 5. The number of aliphatic hydroxyl groups excluding tert-OH is 2. The lowest BCUT2D eigenvalue weighted by Gasteiger charge is -2.12. The maximum absolute atomic E-state index is 13.2. The molecule has 0 aliphatic rings. The van der Waals surface area contributed by atoms with Crippen molar-refractivity contribution in [2.75, 3.05) is 47.6 Å². The van der Waals surface area contributed by atoms with Crippen molar-refractivity contribution in [2.45, 2.75) is 9.79 Å². The van der Waals surface area contributed by atoms with Gasteiger partial charge in [0.2, 0.25) is 17.8 Å². The third-order valence-corrected chi connectivity index (χ3v) is 8.85. The van der Waals surface area contributed by atoms with Crippen molar-refractivity contribution in [3.8, 4) is 5.75 Å². The van der Waals surface area contributed by atoms with E-state index >= 15 is 0 Å². The van der Waals surface area contributed by atoms with Crippen molar-refractivity contribution < 1.29 is 49.4 Å². The van der Waals surface area contributed by atoms with E-state index in [1.165, 1.54) is 0 Å². The smallest absolute Gasteiger partial charge is 0.255 e. The van der Waals surface area contributed by atoms with E-state index in [-0.39, 0.29) is 60.5 Å². The lowest BCUT2D eigenvalue weighted by atomic mass is 10.1. The van der Waals surface area contributed by atoms with Gasteiger partial charge in [-0.05, 0) is 71.4 Å². The molecule has 1 amide bonds. The Hall–Kier alpha value is -5.72. The van der Waals surface area contributed by atoms with Crippen LogP contribution >= 0.6 is 24.1 Å². The van der Waals surface area contributed by atoms with Crippen LogP contribution in [0.5, 0.6) is 5.75 Å². The molecular weight excluding hydrogens is 759 g/mol. The molecule has 0 atom stereocenters. The van der Waals surface area contributed by atoms with Crippen LogP contribution in [-0.2, 0) is 18.7 Å². The molecule has 0 fully saturated rings. The minimum Gasteiger partial charge on any atom is -0.505 e. The molecule has 1 heterocycles. The third-order valence-electron chi connectivity index (χ3n) is 7.56. The van der Waals surface area contributed by atoms with Gasteiger partial charge >= 0.3 is 0 Å². The Morgan fingerprint density at radius 2 is 1.33 bits per heavy atom. The van der Waals surface area contributed by atoms with E-state index in [1.54, 1.807) is 60.7 Å². The van der Waals surface area contributed by atoms with Crippen molar-refractivity contribution in [1.82, 2.24) is 15.0 Å². The number of aromatic nitrogens is 3. The van der Waals surface area contributed by atoms with Gasteiger partial charge < -0.3 is 36.6 Å². The number of aromatic hydroxyl groups is 1. The molecule has 6 aromatic rings. The summed E-state index contributed by atoms with van der Waals surface area (Å²) in [5.41, 5.74) is 1.80. The summed E-state index contributed by atoms with van der Waals surface area (Å²) in [6, 6.07) is 23.7. The average Bonchev–Trinajstić information content (AvgIpc) is 3.20. The van der Waals surface area contributed by atoms with Gasteiger partial charge in [0.25, 0.3) is 5.91 Å². The monoisotopic (exact) mass is 789 g/mol. The van der Waals surface area contributed by atoms with E-state index in [0.29, 0.717) is 55.7 Å². The maximum Gasteiger partial charge on any atom is 0.255 e. The van der Waals surface area contributed by atoms with Crippen LogP contribution < -0.4 is 21.3 Å². The summed E-state index contributed by atoms with van der Waals surface area (Å²) in [6.07, 6.45) is 0. The van der Waals surface area contributed by atoms with Crippen LogP contribution in [0, 0.1) is 0 Å². The summed E-state index contributed by atoms with van der Waals surface area (Å²) < 4.78 is 9.28. The molecule has 0 aliphatic carbocycles. The average molecular weight is 790 g/mol. The zero-order chi connectivity index (χ0) is 38.6. The highest BCUT2D eigenvalue weighted by Crippen LogP contribution is 2.45. The summed E-state index contributed by atoms with van der Waals surface area (Å²) in [5, 5.41) is 77.2. The van der Waals surface area contributed by atoms with E-state index < -0.39 is 5.91 Å². The fourth-order valence-corrected chi connectivity index (χ4v) is 6.17. The second-order valence-electron chi connectivity index (χ2n) is 11.1. The molecule has 19 nitrogen and oxygen atoms in total. The van der Waals surface area contributed by atoms with E-state index in [2.05, 4.69) is 65.2 Å². The molecule has 21 heteroatoms. The first-order valence-corrected chi connectivity index (χ1v) is 17.6. The number of amides is 1. The number of anilines is 5. The van der Waals surface area contributed by atoms with Crippen LogP contribution in [-0.4, -0.2) is 73.0 Å². The Kier molecular flexibility index (Phi) is 13.5. The molecule has 0 radical (unpaired) electrons. The first-order chi connectivity index (χ1) is 26.9. The third kappa shape index (κ3) is 9.88. The molecule has 0 bridgehead atoms. The van der Waals surface area contributed by atoms with Crippen LogP contribution in [0.2, 0.25) is 0 Å². The van der Waals surface area contributed by atoms with Gasteiger partial charge in [-0.3, -0.25) is 4.79 Å². The van der Waals surface area contributed by atoms with Crippen LogP contribution in [0.1, 0.15) is 10.4 Å². The molecule has 0 unspecified atom stereocenters. The first-order valence-electron chi connectivity index (χ1n) is 16.1. The van der Waals surface area contributed by atoms with E-state index in [4.69, 9.17) is 20.7 Å². The Balaban J connectivity index is 1.20. The summed E-state index contributed by atoms with van der Waals surface area (Å²) in [7, 11) is 0. The van der Waals surface area contributed by atoms with Crippen molar-refractivity contribution in [1.29, 1.82) is 0 Å². The molecule has 6 rings (SSSR count). The Bertz CT molecular complexity index is 2280. The number of azo groups is 1. The van der Waals surface area contributed by atoms with Gasteiger partial charge in [-0.25, -0.2) is 10.5 Å². The summed E-state index contributed by atoms with van der Waals surface area (Å²) in [5.74, 6) is -0.0451. The largest absolute Gasteiger partial charge is 0.505 e. The molecular formula is C34H31N9O10S2. The Morgan fingerprint density at radius 1 is 0.691 bits per heavy atom. The van der Waals surface area contributed by atoms with E-state index in [9.17, 15) is 9.90 Å². The number of nitrogens with zero attached hydrogens (tertiary/aromatic N) is 5. The highest BCUT2D eigenvalue weighted by molar-refractivity contribution is 7.95. The molecule has 0 saturated heterocycles. The number of hydrogen-bond acceptors (Lipinski definition) is 20. The molecule has 0 aliphatic heterocycles. The topological polar surface area (TPSA) is 267 Å². The predicted octanol–water partition coefficient (Wildman–Crippen LogP) is 6.96. The summed E-state index contributed by atoms with van der Waals surface area (Å²) >= 11 is 1.38. The molecule has 55 heavy (non-hydrogen) atoms. The zero-order valence-corrected chi connectivity index (χ0v) is 29.9. The van der Waals surface area contributed by atoms with Gasteiger partial charge in [-0.15, -0.1) is 18.9 Å². The lowest BCUT2D eigenvalue weighted by molar-refractivity contribution is -0.432. The molecule has 0 spiro atoms. The number of carbonyl (C=O) groups excluding carboxylic acids is 1. The number of rotatable bonds is 18. The fourth-order valence-electron chi connectivity index (χ4n) is 5.18. The quantitative estimate of drug-likeness (QED) is 0.0184. The molecule has 5 aromatic carbocycles. The maximum atomic E-state index is 13.2. The minimum atomic E-state index is -0.412. The van der Waals surface area contributed by atoms with Gasteiger partial charge in [0.1, 0.15) is 5.69 Å². The van der Waals surface area contributed by atoms with Gasteiger partial charge in [0.15, 0.2) is 5.75 Å². The SMILES string of the molecule is O=C(Nc1ccc2c(O)c(N=Nc3ccc(SOOO)c4ccccc34)c(SOOO)cc2c1)c1ccc(Nc2nc(NCCO)nc(NCCO)n2)cc1. The number of phenols is 1. The number of phenolic OH excluding ortho intramolecular Hbond substituents is 1. The second-order valence-corrected chi connectivity index (χ2v) is 12.5. The van der Waals surface area contributed by atoms with Crippen molar-refractivity contribution in [2.24, 2.45) is 10.2 Å². The van der Waals surface area contributed by atoms with Crippen LogP contribution in [0.25, 0.3) is 21.5 Å². The molecule has 1 aromatic heterocycles. The molecule has 284 valence electrons. The fraction of sp³-hybridized carbons (Fsp3) is 0.118. The predicted molar refractivity (Wildman–Crippen MR) is 204 cm³/mol. The van der Waals surface area contributed by atoms with Crippen molar-refractivity contribution >= 4 is 92.1 Å². The van der Waals surface area contributed by atoms with Gasteiger partial charge in [-0.2, -0.15) is 15.0 Å². The van der Waals surface area contributed by atoms with Crippen LogP contribution in [0.15, 0.2) is 105 Å². The Morgan fingerprint density at radius 3 is 2.00 bits per heavy atom. The van der Waals surface area contributed by atoms with Crippen LogP contribution in [0.3, 0.4) is 0 Å². The second kappa shape index (κ2) is 19.0. The Labute approximate surface area is 319 Å². The highest BCUT2D eigenvalue weighted by atomic mass is 32.2. The minimum absolute atomic E-state index is 0.0204.